The van der Waals surface area contributed by atoms with E-state index in [1.807, 2.05) is 32.0 Å². The van der Waals surface area contributed by atoms with Crippen molar-refractivity contribution in [3.63, 3.8) is 0 Å². The molecule has 2 aromatic rings. The quantitative estimate of drug-likeness (QED) is 0.741. The number of nitrogens with one attached hydrogen (secondary N) is 1. The van der Waals surface area contributed by atoms with Gasteiger partial charge in [0.15, 0.2) is 0 Å². The fourth-order valence-electron chi connectivity index (χ4n) is 4.48. The molecule has 1 saturated heterocycles. The number of hydrogen-bond acceptors (Lipinski definition) is 5. The Morgan fingerprint density at radius 3 is 2.47 bits per heavy atom. The van der Waals surface area contributed by atoms with Crippen LogP contribution in [-0.2, 0) is 14.8 Å². The largest absolute Gasteiger partial charge is 0.497 e. The summed E-state index contributed by atoms with van der Waals surface area (Å²) in [7, 11) is -1.92. The Kier molecular flexibility index (Phi) is 6.18. The minimum atomic E-state index is -3.53. The van der Waals surface area contributed by atoms with Gasteiger partial charge in [0.05, 0.1) is 18.0 Å². The summed E-state index contributed by atoms with van der Waals surface area (Å²) in [5, 5.41) is 3.19. The average Bonchev–Trinajstić information content (AvgIpc) is 2.79. The monoisotopic (exact) mass is 458 g/mol. The van der Waals surface area contributed by atoms with E-state index >= 15 is 0 Å². The van der Waals surface area contributed by atoms with E-state index in [0.717, 1.165) is 11.3 Å². The Morgan fingerprint density at radius 1 is 1.12 bits per heavy atom. The van der Waals surface area contributed by atoms with E-state index < -0.39 is 15.6 Å². The number of ether oxygens (including phenoxy) is 2. The van der Waals surface area contributed by atoms with E-state index in [-0.39, 0.29) is 22.8 Å². The maximum Gasteiger partial charge on any atom is 0.243 e. The number of fused-ring (bicyclic) bond motifs is 1. The van der Waals surface area contributed by atoms with Crippen LogP contribution in [0.4, 0.5) is 0 Å². The molecule has 0 unspecified atom stereocenters. The van der Waals surface area contributed by atoms with Crippen molar-refractivity contribution in [2.45, 2.75) is 49.6 Å². The smallest absolute Gasteiger partial charge is 0.243 e. The van der Waals surface area contributed by atoms with Crippen molar-refractivity contribution in [2.24, 2.45) is 5.92 Å². The third-order valence-electron chi connectivity index (χ3n) is 6.20. The zero-order valence-electron chi connectivity index (χ0n) is 18.7. The van der Waals surface area contributed by atoms with Crippen molar-refractivity contribution in [3.8, 4) is 11.5 Å². The van der Waals surface area contributed by atoms with Crippen molar-refractivity contribution in [1.82, 2.24) is 9.62 Å². The van der Waals surface area contributed by atoms with Crippen LogP contribution < -0.4 is 14.8 Å². The number of carbonyl (C=O) groups excluding carboxylic acids is 1. The molecule has 4 rings (SSSR count). The fourth-order valence-corrected chi connectivity index (χ4v) is 5.97. The summed E-state index contributed by atoms with van der Waals surface area (Å²) in [6.45, 7) is 4.68. The van der Waals surface area contributed by atoms with Crippen LogP contribution in [0.25, 0.3) is 0 Å². The molecular formula is C24H30N2O5S. The molecule has 1 amide bonds. The van der Waals surface area contributed by atoms with E-state index in [2.05, 4.69) is 5.32 Å². The molecule has 0 bridgehead atoms. The van der Waals surface area contributed by atoms with E-state index in [9.17, 15) is 13.2 Å². The highest BCUT2D eigenvalue weighted by Gasteiger charge is 2.37. The number of benzene rings is 2. The van der Waals surface area contributed by atoms with Crippen molar-refractivity contribution >= 4 is 15.9 Å². The lowest BCUT2D eigenvalue weighted by molar-refractivity contribution is -0.127. The summed E-state index contributed by atoms with van der Waals surface area (Å²) in [6, 6.07) is 13.9. The second kappa shape index (κ2) is 8.75. The van der Waals surface area contributed by atoms with Gasteiger partial charge in [-0.05, 0) is 57.0 Å². The van der Waals surface area contributed by atoms with Crippen molar-refractivity contribution in [3.05, 3.63) is 54.1 Å². The predicted molar refractivity (Wildman–Crippen MR) is 121 cm³/mol. The summed E-state index contributed by atoms with van der Waals surface area (Å²) >= 11 is 0. The van der Waals surface area contributed by atoms with Gasteiger partial charge in [-0.15, -0.1) is 0 Å². The first-order valence-corrected chi connectivity index (χ1v) is 12.4. The normalized spacial score (nSPS) is 21.3. The van der Waals surface area contributed by atoms with Crippen molar-refractivity contribution in [2.75, 3.05) is 20.2 Å². The van der Waals surface area contributed by atoms with Gasteiger partial charge in [-0.25, -0.2) is 8.42 Å². The standard InChI is InChI=1S/C24H30N2O5S/c1-24(2)16-21(20-15-18(30-3)9-10-22(20)31-24)25-23(27)17-11-13-26(14-12-17)32(28,29)19-7-5-4-6-8-19/h4-10,15,17,21H,11-14,16H2,1-3H3,(H,25,27)/t21-/m1/s1. The number of amides is 1. The molecule has 32 heavy (non-hydrogen) atoms. The minimum absolute atomic E-state index is 0.0433. The summed E-state index contributed by atoms with van der Waals surface area (Å²) in [5.41, 5.74) is 0.494. The molecule has 172 valence electrons. The van der Waals surface area contributed by atoms with Crippen LogP contribution in [0.3, 0.4) is 0 Å². The second-order valence-electron chi connectivity index (χ2n) is 9.02. The molecule has 8 heteroatoms. The van der Waals surface area contributed by atoms with E-state index in [1.54, 1.807) is 37.4 Å². The molecule has 1 atom stereocenters. The van der Waals surface area contributed by atoms with Gasteiger partial charge < -0.3 is 14.8 Å². The van der Waals surface area contributed by atoms with Crippen LogP contribution in [0.5, 0.6) is 11.5 Å². The van der Waals surface area contributed by atoms with Gasteiger partial charge in [0.2, 0.25) is 15.9 Å². The third-order valence-corrected chi connectivity index (χ3v) is 8.11. The Hall–Kier alpha value is -2.58. The summed E-state index contributed by atoms with van der Waals surface area (Å²) < 4.78 is 38.6. The molecule has 2 heterocycles. The number of piperidine rings is 1. The van der Waals surface area contributed by atoms with Crippen LogP contribution in [0.15, 0.2) is 53.4 Å². The van der Waals surface area contributed by atoms with Crippen LogP contribution in [0.2, 0.25) is 0 Å². The number of sulfonamides is 1. The Morgan fingerprint density at radius 2 is 1.81 bits per heavy atom. The number of rotatable bonds is 5. The van der Waals surface area contributed by atoms with E-state index in [4.69, 9.17) is 9.47 Å². The number of methoxy groups -OCH3 is 1. The van der Waals surface area contributed by atoms with Crippen LogP contribution >= 0.6 is 0 Å². The average molecular weight is 459 g/mol. The van der Waals surface area contributed by atoms with Gasteiger partial charge in [0, 0.05) is 31.0 Å². The Balaban J connectivity index is 1.43. The van der Waals surface area contributed by atoms with E-state index in [1.165, 1.54) is 4.31 Å². The first kappa shape index (κ1) is 22.6. The van der Waals surface area contributed by atoms with Gasteiger partial charge in [0.1, 0.15) is 17.1 Å². The van der Waals surface area contributed by atoms with Crippen molar-refractivity contribution in [1.29, 1.82) is 0 Å². The SMILES string of the molecule is COc1ccc2c(c1)[C@H](NC(=O)C1CCN(S(=O)(=O)c3ccccc3)CC1)CC(C)(C)O2. The molecule has 0 saturated carbocycles. The third kappa shape index (κ3) is 4.61. The van der Waals surface area contributed by atoms with Crippen LogP contribution in [-0.4, -0.2) is 44.4 Å². The molecule has 2 aliphatic heterocycles. The van der Waals surface area contributed by atoms with Crippen LogP contribution in [0.1, 0.15) is 44.7 Å². The van der Waals surface area contributed by atoms with Gasteiger partial charge in [-0.2, -0.15) is 4.31 Å². The topological polar surface area (TPSA) is 84.9 Å². The van der Waals surface area contributed by atoms with Crippen molar-refractivity contribution < 1.29 is 22.7 Å². The lowest BCUT2D eigenvalue weighted by atomic mass is 9.88. The zero-order chi connectivity index (χ0) is 22.9. The number of nitrogens with zero attached hydrogens (tertiary/aromatic N) is 1. The maximum absolute atomic E-state index is 13.1. The molecule has 7 nitrogen and oxygen atoms in total. The molecule has 1 fully saturated rings. The second-order valence-corrected chi connectivity index (χ2v) is 11.0. The summed E-state index contributed by atoms with van der Waals surface area (Å²) in [5.74, 6) is 1.19. The number of hydrogen-bond donors (Lipinski definition) is 1. The lowest BCUT2D eigenvalue weighted by Gasteiger charge is -2.39. The van der Waals surface area contributed by atoms with Crippen LogP contribution in [0, 0.1) is 5.92 Å². The van der Waals surface area contributed by atoms with Gasteiger partial charge in [-0.3, -0.25) is 4.79 Å². The maximum atomic E-state index is 13.1. The Bertz CT molecular complexity index is 1080. The Labute approximate surface area is 189 Å². The first-order chi connectivity index (χ1) is 15.2. The molecule has 0 radical (unpaired) electrons. The fraction of sp³-hybridized carbons (Fsp3) is 0.458. The van der Waals surface area contributed by atoms with Gasteiger partial charge in [-0.1, -0.05) is 18.2 Å². The molecule has 0 aromatic heterocycles. The van der Waals surface area contributed by atoms with Gasteiger partial charge >= 0.3 is 0 Å². The molecule has 0 spiro atoms. The molecule has 1 N–H and O–H groups in total. The lowest BCUT2D eigenvalue weighted by Crippen LogP contribution is -2.46. The van der Waals surface area contributed by atoms with E-state index in [0.29, 0.717) is 38.1 Å². The molecular weight excluding hydrogens is 428 g/mol. The highest BCUT2D eigenvalue weighted by molar-refractivity contribution is 7.89. The summed E-state index contributed by atoms with van der Waals surface area (Å²) in [4.78, 5) is 13.4. The predicted octanol–water partition coefficient (Wildman–Crippen LogP) is 3.51. The highest BCUT2D eigenvalue weighted by Crippen LogP contribution is 2.41. The minimum Gasteiger partial charge on any atom is -0.497 e. The first-order valence-electron chi connectivity index (χ1n) is 10.9. The molecule has 2 aliphatic rings. The van der Waals surface area contributed by atoms with Gasteiger partial charge in [0.25, 0.3) is 0 Å². The highest BCUT2D eigenvalue weighted by atomic mass is 32.2. The molecule has 0 aliphatic carbocycles. The number of carbonyl (C=O) groups is 1. The summed E-state index contributed by atoms with van der Waals surface area (Å²) in [6.07, 6.45) is 1.63. The zero-order valence-corrected chi connectivity index (χ0v) is 19.5. The molecule has 2 aromatic carbocycles.